The van der Waals surface area contributed by atoms with Crippen LogP contribution in [0.2, 0.25) is 10.0 Å². The lowest BCUT2D eigenvalue weighted by atomic mass is 9.78. The number of hydrogen-bond donors (Lipinski definition) is 1. The van der Waals surface area contributed by atoms with E-state index in [1.807, 2.05) is 6.07 Å². The molecule has 2 aliphatic rings. The molecule has 2 heterocycles. The van der Waals surface area contributed by atoms with Gasteiger partial charge in [-0.1, -0.05) is 47.5 Å². The van der Waals surface area contributed by atoms with Gasteiger partial charge < -0.3 is 19.5 Å². The van der Waals surface area contributed by atoms with Gasteiger partial charge in [-0.3, -0.25) is 0 Å². The number of esters is 2. The first-order valence-electron chi connectivity index (χ1n) is 10.5. The lowest BCUT2D eigenvalue weighted by molar-refractivity contribution is -0.146. The number of allylic oxidation sites excluding steroid dienone is 1. The van der Waals surface area contributed by atoms with Gasteiger partial charge in [0.05, 0.1) is 35.8 Å². The van der Waals surface area contributed by atoms with E-state index in [-0.39, 0.29) is 6.61 Å². The van der Waals surface area contributed by atoms with Gasteiger partial charge in [-0.05, 0) is 43.2 Å². The molecule has 172 valence electrons. The molecule has 0 saturated carbocycles. The third-order valence-electron chi connectivity index (χ3n) is 5.76. The Morgan fingerprint density at radius 2 is 1.94 bits per heavy atom. The first-order valence-corrected chi connectivity index (χ1v) is 11.3. The number of hydrogen-bond acceptors (Lipinski definition) is 6. The van der Waals surface area contributed by atoms with Crippen LogP contribution < -0.4 is 10.1 Å². The number of benzene rings is 2. The van der Waals surface area contributed by atoms with Crippen LogP contribution in [0.4, 0.5) is 0 Å². The Morgan fingerprint density at radius 3 is 2.64 bits per heavy atom. The predicted octanol–water partition coefficient (Wildman–Crippen LogP) is 5.47. The maximum atomic E-state index is 13.4. The van der Waals surface area contributed by atoms with E-state index in [1.165, 1.54) is 7.11 Å². The summed E-state index contributed by atoms with van der Waals surface area (Å²) in [6.45, 7) is 3.74. The van der Waals surface area contributed by atoms with Gasteiger partial charge in [-0.2, -0.15) is 0 Å². The zero-order chi connectivity index (χ0) is 23.7. The lowest BCUT2D eigenvalue weighted by Gasteiger charge is -2.36. The van der Waals surface area contributed by atoms with Gasteiger partial charge in [0.25, 0.3) is 0 Å². The normalized spacial score (nSPS) is 20.1. The van der Waals surface area contributed by atoms with Crippen LogP contribution in [0.5, 0.6) is 5.75 Å². The smallest absolute Gasteiger partial charge is 0.337 e. The van der Waals surface area contributed by atoms with E-state index in [2.05, 4.69) is 5.32 Å². The molecule has 2 aliphatic heterocycles. The van der Waals surface area contributed by atoms with Crippen LogP contribution in [0.15, 0.2) is 65.0 Å². The summed E-state index contributed by atoms with van der Waals surface area (Å²) in [6, 6.07) is 12.4. The third-order valence-corrected chi connectivity index (χ3v) is 6.42. The second kappa shape index (κ2) is 9.49. The van der Waals surface area contributed by atoms with E-state index in [0.717, 1.165) is 5.56 Å². The monoisotopic (exact) mass is 487 g/mol. The van der Waals surface area contributed by atoms with Crippen molar-refractivity contribution in [2.45, 2.75) is 32.3 Å². The molecule has 6 nitrogen and oxygen atoms in total. The second-order valence-corrected chi connectivity index (χ2v) is 8.54. The van der Waals surface area contributed by atoms with E-state index in [4.69, 9.17) is 37.4 Å². The van der Waals surface area contributed by atoms with Crippen molar-refractivity contribution in [2.75, 3.05) is 13.7 Å². The fourth-order valence-corrected chi connectivity index (χ4v) is 4.72. The zero-order valence-electron chi connectivity index (χ0n) is 18.4. The highest BCUT2D eigenvalue weighted by molar-refractivity contribution is 6.32. The van der Waals surface area contributed by atoms with Crippen molar-refractivity contribution in [3.05, 3.63) is 86.2 Å². The Balaban J connectivity index is 1.80. The third kappa shape index (κ3) is 4.33. The molecule has 0 amide bonds. The topological polar surface area (TPSA) is 73.9 Å². The van der Waals surface area contributed by atoms with Gasteiger partial charge in [0.15, 0.2) is 0 Å². The Kier molecular flexibility index (Phi) is 6.68. The summed E-state index contributed by atoms with van der Waals surface area (Å²) >= 11 is 12.7. The second-order valence-electron chi connectivity index (χ2n) is 7.72. The molecular formula is C25H23Cl2NO5. The fourth-order valence-electron chi connectivity index (χ4n) is 4.28. The lowest BCUT2D eigenvalue weighted by Crippen LogP contribution is -2.37. The number of carbonyl (C=O) groups is 2. The number of ether oxygens (including phenoxy) is 3. The molecule has 2 atom stereocenters. The van der Waals surface area contributed by atoms with Gasteiger partial charge in [-0.15, -0.1) is 0 Å². The molecule has 0 aromatic heterocycles. The van der Waals surface area contributed by atoms with Crippen molar-refractivity contribution in [3.63, 3.8) is 0 Å². The zero-order valence-corrected chi connectivity index (χ0v) is 19.9. The molecule has 2 aromatic rings. The van der Waals surface area contributed by atoms with Crippen molar-refractivity contribution >= 4 is 35.1 Å². The van der Waals surface area contributed by atoms with Crippen LogP contribution in [-0.2, 0) is 19.1 Å². The summed E-state index contributed by atoms with van der Waals surface area (Å²) in [4.78, 5) is 26.3. The number of halogens is 2. The molecule has 1 N–H and O–H groups in total. The van der Waals surface area contributed by atoms with E-state index < -0.39 is 24.0 Å². The van der Waals surface area contributed by atoms with Gasteiger partial charge >= 0.3 is 11.9 Å². The standard InChI is InChI=1S/C25H23Cl2NO5/c1-4-32-24(29)21-13(2)28-18-12-19(14-9-10-17(27)20(11-14)31-3)33-25(30)23(18)22(21)15-7-5-6-8-16(15)26/h5-11,19,22,28H,4,12H2,1-3H3. The van der Waals surface area contributed by atoms with Crippen LogP contribution in [0, 0.1) is 0 Å². The quantitative estimate of drug-likeness (QED) is 0.563. The first-order chi connectivity index (χ1) is 15.8. The highest BCUT2D eigenvalue weighted by Gasteiger charge is 2.43. The molecule has 2 unspecified atom stereocenters. The molecule has 4 rings (SSSR count). The van der Waals surface area contributed by atoms with Gasteiger partial charge in [0.2, 0.25) is 0 Å². The maximum absolute atomic E-state index is 13.4. The van der Waals surface area contributed by atoms with Crippen LogP contribution >= 0.6 is 23.2 Å². The average Bonchev–Trinajstić information content (AvgIpc) is 2.78. The highest BCUT2D eigenvalue weighted by atomic mass is 35.5. The minimum Gasteiger partial charge on any atom is -0.495 e. The number of carbonyl (C=O) groups excluding carboxylic acids is 2. The van der Waals surface area contributed by atoms with E-state index in [0.29, 0.717) is 50.3 Å². The number of methoxy groups -OCH3 is 1. The molecule has 0 spiro atoms. The first kappa shape index (κ1) is 23.2. The molecule has 0 saturated heterocycles. The summed E-state index contributed by atoms with van der Waals surface area (Å²) in [5, 5.41) is 4.17. The van der Waals surface area contributed by atoms with E-state index in [9.17, 15) is 9.59 Å². The maximum Gasteiger partial charge on any atom is 0.337 e. The van der Waals surface area contributed by atoms with Crippen LogP contribution in [0.25, 0.3) is 0 Å². The molecule has 0 radical (unpaired) electrons. The SMILES string of the molecule is CCOC(=O)C1=C(C)NC2=C(C(=O)OC(c3ccc(Cl)c(OC)c3)C2)C1c1ccccc1Cl. The summed E-state index contributed by atoms with van der Waals surface area (Å²) in [6.07, 6.45) is -0.154. The predicted molar refractivity (Wildman–Crippen MR) is 125 cm³/mol. The van der Waals surface area contributed by atoms with Crippen LogP contribution in [-0.4, -0.2) is 25.7 Å². The fraction of sp³-hybridized carbons (Fsp3) is 0.280. The number of cyclic esters (lactones) is 1. The van der Waals surface area contributed by atoms with Gasteiger partial charge in [0, 0.05) is 22.8 Å². The van der Waals surface area contributed by atoms with E-state index in [1.54, 1.807) is 50.2 Å². The summed E-state index contributed by atoms with van der Waals surface area (Å²) in [5.74, 6) is -1.24. The highest BCUT2D eigenvalue weighted by Crippen LogP contribution is 2.46. The Labute approximate surface area is 202 Å². The summed E-state index contributed by atoms with van der Waals surface area (Å²) in [5.41, 5.74) is 3.38. The Bertz CT molecular complexity index is 1190. The Morgan fingerprint density at radius 1 is 1.18 bits per heavy atom. The molecule has 8 heteroatoms. The summed E-state index contributed by atoms with van der Waals surface area (Å²) < 4.78 is 16.5. The van der Waals surface area contributed by atoms with Crippen LogP contribution in [0.3, 0.4) is 0 Å². The molecule has 0 bridgehead atoms. The minimum absolute atomic E-state index is 0.210. The molecule has 2 aromatic carbocycles. The molecule has 0 aliphatic carbocycles. The molecular weight excluding hydrogens is 465 g/mol. The van der Waals surface area contributed by atoms with Crippen molar-refractivity contribution < 1.29 is 23.8 Å². The molecule has 0 fully saturated rings. The van der Waals surface area contributed by atoms with Gasteiger partial charge in [0.1, 0.15) is 11.9 Å². The van der Waals surface area contributed by atoms with E-state index >= 15 is 0 Å². The largest absolute Gasteiger partial charge is 0.495 e. The van der Waals surface area contributed by atoms with Crippen LogP contribution in [0.1, 0.15) is 43.4 Å². The van der Waals surface area contributed by atoms with Crippen molar-refractivity contribution in [1.29, 1.82) is 0 Å². The number of rotatable bonds is 5. The molecule has 33 heavy (non-hydrogen) atoms. The van der Waals surface area contributed by atoms with Crippen molar-refractivity contribution in [3.8, 4) is 5.75 Å². The average molecular weight is 488 g/mol. The van der Waals surface area contributed by atoms with Crippen molar-refractivity contribution in [2.24, 2.45) is 0 Å². The van der Waals surface area contributed by atoms with Crippen molar-refractivity contribution in [1.82, 2.24) is 5.32 Å². The number of dihydropyridines is 1. The number of nitrogens with one attached hydrogen (secondary N) is 1. The summed E-state index contributed by atoms with van der Waals surface area (Å²) in [7, 11) is 1.53. The Hall–Kier alpha value is -2.96. The minimum atomic E-state index is -0.706. The van der Waals surface area contributed by atoms with Gasteiger partial charge in [-0.25, -0.2) is 9.59 Å².